The lowest BCUT2D eigenvalue weighted by Gasteiger charge is -2.28. The molecule has 1 heterocycles. The van der Waals surface area contributed by atoms with Crippen molar-refractivity contribution in [2.45, 2.75) is 39.7 Å². The first-order valence-electron chi connectivity index (χ1n) is 8.65. The Kier molecular flexibility index (Phi) is 6.78. The molecule has 0 aliphatic carbocycles. The molecule has 1 aromatic rings. The van der Waals surface area contributed by atoms with Gasteiger partial charge in [-0.2, -0.15) is 0 Å². The number of rotatable bonds is 7. The van der Waals surface area contributed by atoms with Crippen LogP contribution in [0.4, 0.5) is 0 Å². The van der Waals surface area contributed by atoms with Crippen molar-refractivity contribution in [3.63, 3.8) is 0 Å². The molecule has 0 saturated carbocycles. The van der Waals surface area contributed by atoms with Crippen LogP contribution in [-0.4, -0.2) is 61.3 Å². The number of Topliss-reactive ketones (excluding diaryl/α,β-unsaturated/α-hetero) is 1. The quantitative estimate of drug-likeness (QED) is 0.776. The molecule has 0 bridgehead atoms. The van der Waals surface area contributed by atoms with Crippen molar-refractivity contribution >= 4 is 5.78 Å². The molecule has 2 rings (SSSR count). The topological polar surface area (TPSA) is 59.0 Å². The molecule has 1 aromatic carbocycles. The van der Waals surface area contributed by atoms with Crippen LogP contribution in [0.5, 0.6) is 5.75 Å². The number of aryl methyl sites for hydroxylation is 1. The molecule has 1 aliphatic rings. The summed E-state index contributed by atoms with van der Waals surface area (Å²) in [6, 6.07) is 3.83. The minimum Gasteiger partial charge on any atom is -0.491 e. The van der Waals surface area contributed by atoms with Gasteiger partial charge in [-0.05, 0) is 43.0 Å². The molecule has 5 heteroatoms. The van der Waals surface area contributed by atoms with Crippen LogP contribution in [0.15, 0.2) is 12.1 Å². The Bertz CT molecular complexity index is 565. The molecule has 24 heavy (non-hydrogen) atoms. The number of hydrogen-bond donors (Lipinski definition) is 1. The summed E-state index contributed by atoms with van der Waals surface area (Å²) in [4.78, 5) is 13.9. The number of ketones is 1. The summed E-state index contributed by atoms with van der Waals surface area (Å²) in [5, 5.41) is 10.2. The van der Waals surface area contributed by atoms with Crippen LogP contribution in [0.25, 0.3) is 0 Å². The lowest BCUT2D eigenvalue weighted by atomic mass is 9.95. The van der Waals surface area contributed by atoms with E-state index < -0.39 is 6.10 Å². The minimum absolute atomic E-state index is 0.0632. The standard InChI is InChI=1S/C19H29NO4/c1-13(2)17-10-18(15(4)21)14(3)9-19(17)24-12-16(22)11-20-5-7-23-8-6-20/h9-10,13,16,22H,5-8,11-12H2,1-4H3. The predicted octanol–water partition coefficient (Wildman–Crippen LogP) is 2.39. The molecule has 5 nitrogen and oxygen atoms in total. The zero-order valence-corrected chi connectivity index (χ0v) is 15.2. The summed E-state index contributed by atoms with van der Waals surface area (Å²) < 4.78 is 11.2. The van der Waals surface area contributed by atoms with Gasteiger partial charge in [0.25, 0.3) is 0 Å². The lowest BCUT2D eigenvalue weighted by Crippen LogP contribution is -2.42. The van der Waals surface area contributed by atoms with Crippen molar-refractivity contribution in [3.05, 3.63) is 28.8 Å². The Morgan fingerprint density at radius 3 is 2.58 bits per heavy atom. The van der Waals surface area contributed by atoms with E-state index in [-0.39, 0.29) is 18.3 Å². The highest BCUT2D eigenvalue weighted by atomic mass is 16.5. The third-order valence-corrected chi connectivity index (χ3v) is 4.36. The molecule has 1 atom stereocenters. The van der Waals surface area contributed by atoms with Crippen molar-refractivity contribution < 1.29 is 19.4 Å². The molecule has 1 fully saturated rings. The molecule has 1 aliphatic heterocycles. The first kappa shape index (κ1) is 18.9. The van der Waals surface area contributed by atoms with Gasteiger partial charge >= 0.3 is 0 Å². The Labute approximate surface area is 144 Å². The number of aliphatic hydroxyl groups excluding tert-OH is 1. The highest BCUT2D eigenvalue weighted by Crippen LogP contribution is 2.30. The van der Waals surface area contributed by atoms with Crippen molar-refractivity contribution in [1.29, 1.82) is 0 Å². The van der Waals surface area contributed by atoms with Crippen LogP contribution in [0.2, 0.25) is 0 Å². The van der Waals surface area contributed by atoms with Crippen LogP contribution in [0.3, 0.4) is 0 Å². The molecular weight excluding hydrogens is 306 g/mol. The zero-order chi connectivity index (χ0) is 17.7. The molecule has 0 amide bonds. The Morgan fingerprint density at radius 2 is 2.00 bits per heavy atom. The van der Waals surface area contributed by atoms with Gasteiger partial charge in [-0.1, -0.05) is 13.8 Å². The van der Waals surface area contributed by atoms with Crippen molar-refractivity contribution in [2.75, 3.05) is 39.5 Å². The van der Waals surface area contributed by atoms with Gasteiger partial charge in [-0.15, -0.1) is 0 Å². The molecular formula is C19H29NO4. The second kappa shape index (κ2) is 8.60. The second-order valence-corrected chi connectivity index (χ2v) is 6.79. The highest BCUT2D eigenvalue weighted by Gasteiger charge is 2.18. The van der Waals surface area contributed by atoms with Crippen molar-refractivity contribution in [2.24, 2.45) is 0 Å². The van der Waals surface area contributed by atoms with E-state index in [1.807, 2.05) is 19.1 Å². The minimum atomic E-state index is -0.545. The second-order valence-electron chi connectivity index (χ2n) is 6.79. The Morgan fingerprint density at radius 1 is 1.33 bits per heavy atom. The van der Waals surface area contributed by atoms with E-state index in [0.717, 1.165) is 48.7 Å². The number of benzene rings is 1. The van der Waals surface area contributed by atoms with E-state index in [2.05, 4.69) is 18.7 Å². The van der Waals surface area contributed by atoms with Crippen LogP contribution in [0, 0.1) is 6.92 Å². The number of nitrogens with zero attached hydrogens (tertiary/aromatic N) is 1. The summed E-state index contributed by atoms with van der Waals surface area (Å²) in [5.41, 5.74) is 2.65. The maximum atomic E-state index is 11.7. The van der Waals surface area contributed by atoms with Gasteiger partial charge in [-0.25, -0.2) is 0 Å². The highest BCUT2D eigenvalue weighted by molar-refractivity contribution is 5.96. The number of aliphatic hydroxyl groups is 1. The third-order valence-electron chi connectivity index (χ3n) is 4.36. The molecule has 1 N–H and O–H groups in total. The largest absolute Gasteiger partial charge is 0.491 e. The zero-order valence-electron chi connectivity index (χ0n) is 15.2. The molecule has 1 saturated heterocycles. The lowest BCUT2D eigenvalue weighted by molar-refractivity contribution is 0.00454. The fourth-order valence-electron chi connectivity index (χ4n) is 2.97. The van der Waals surface area contributed by atoms with E-state index in [1.165, 1.54) is 0 Å². The monoisotopic (exact) mass is 335 g/mol. The number of morpholine rings is 1. The van der Waals surface area contributed by atoms with E-state index in [4.69, 9.17) is 9.47 Å². The Balaban J connectivity index is 2.02. The number of carbonyl (C=O) groups is 1. The average molecular weight is 335 g/mol. The van der Waals surface area contributed by atoms with E-state index >= 15 is 0 Å². The van der Waals surface area contributed by atoms with Crippen LogP contribution in [0.1, 0.15) is 48.2 Å². The maximum absolute atomic E-state index is 11.7. The summed E-state index contributed by atoms with van der Waals surface area (Å²) in [6.45, 7) is 11.6. The maximum Gasteiger partial charge on any atom is 0.160 e. The van der Waals surface area contributed by atoms with Crippen LogP contribution in [-0.2, 0) is 4.74 Å². The van der Waals surface area contributed by atoms with Gasteiger partial charge in [0.2, 0.25) is 0 Å². The molecule has 0 radical (unpaired) electrons. The van der Waals surface area contributed by atoms with Crippen LogP contribution < -0.4 is 4.74 Å². The fraction of sp³-hybridized carbons (Fsp3) is 0.632. The van der Waals surface area contributed by atoms with Gasteiger partial charge < -0.3 is 14.6 Å². The number of β-amino-alcohol motifs (C(OH)–C–C–N with tert-alkyl or cyclic N) is 1. The summed E-state index contributed by atoms with van der Waals surface area (Å²) in [7, 11) is 0. The van der Waals surface area contributed by atoms with E-state index in [0.29, 0.717) is 6.54 Å². The molecule has 0 spiro atoms. The van der Waals surface area contributed by atoms with Gasteiger partial charge in [0, 0.05) is 25.2 Å². The van der Waals surface area contributed by atoms with Crippen LogP contribution >= 0.6 is 0 Å². The molecule has 134 valence electrons. The summed E-state index contributed by atoms with van der Waals surface area (Å²) in [5.74, 6) is 1.07. The molecule has 0 aromatic heterocycles. The Hall–Kier alpha value is -1.43. The fourth-order valence-corrected chi connectivity index (χ4v) is 2.97. The average Bonchev–Trinajstić information content (AvgIpc) is 2.53. The van der Waals surface area contributed by atoms with Gasteiger partial charge in [0.05, 0.1) is 13.2 Å². The van der Waals surface area contributed by atoms with E-state index in [9.17, 15) is 9.90 Å². The third kappa shape index (κ3) is 5.03. The van der Waals surface area contributed by atoms with Crippen molar-refractivity contribution in [1.82, 2.24) is 4.90 Å². The first-order valence-corrected chi connectivity index (χ1v) is 8.65. The normalized spacial score (nSPS) is 17.1. The summed E-state index contributed by atoms with van der Waals surface area (Å²) >= 11 is 0. The number of carbonyl (C=O) groups excluding carboxylic acids is 1. The smallest absolute Gasteiger partial charge is 0.160 e. The predicted molar refractivity (Wildman–Crippen MR) is 94.0 cm³/mol. The van der Waals surface area contributed by atoms with Gasteiger partial charge in [0.1, 0.15) is 18.5 Å². The number of ether oxygens (including phenoxy) is 2. The van der Waals surface area contributed by atoms with Crippen molar-refractivity contribution in [3.8, 4) is 5.75 Å². The first-order chi connectivity index (χ1) is 11.4. The van der Waals surface area contributed by atoms with Gasteiger partial charge in [-0.3, -0.25) is 9.69 Å². The SMILES string of the molecule is CC(=O)c1cc(C(C)C)c(OCC(O)CN2CCOCC2)cc1C. The van der Waals surface area contributed by atoms with E-state index in [1.54, 1.807) is 6.92 Å². The molecule has 1 unspecified atom stereocenters. The van der Waals surface area contributed by atoms with Gasteiger partial charge in [0.15, 0.2) is 5.78 Å². The summed E-state index contributed by atoms with van der Waals surface area (Å²) in [6.07, 6.45) is -0.545. The number of hydrogen-bond acceptors (Lipinski definition) is 5.